The van der Waals surface area contributed by atoms with Crippen LogP contribution in [0.4, 0.5) is 0 Å². The minimum atomic E-state index is -0.339. The predicted octanol–water partition coefficient (Wildman–Crippen LogP) is 0.642. The van der Waals surface area contributed by atoms with E-state index in [0.717, 1.165) is 6.42 Å². The number of hydrogen-bond donors (Lipinski definition) is 1. The van der Waals surface area contributed by atoms with Gasteiger partial charge in [-0.25, -0.2) is 0 Å². The first-order chi connectivity index (χ1) is 7.88. The van der Waals surface area contributed by atoms with Gasteiger partial charge in [0.15, 0.2) is 0 Å². The van der Waals surface area contributed by atoms with Crippen LogP contribution in [-0.4, -0.2) is 50.1 Å². The number of esters is 1. The smallest absolute Gasteiger partial charge is 0.319 e. The third-order valence-corrected chi connectivity index (χ3v) is 2.67. The molecule has 0 spiro atoms. The molecule has 0 aliphatic heterocycles. The van der Waals surface area contributed by atoms with E-state index in [1.165, 1.54) is 7.11 Å². The van der Waals surface area contributed by atoms with Crippen molar-refractivity contribution in [2.75, 3.05) is 27.2 Å². The summed E-state index contributed by atoms with van der Waals surface area (Å²) in [6.07, 6.45) is 0.958. The second kappa shape index (κ2) is 8.06. The first-order valence-corrected chi connectivity index (χ1v) is 5.93. The first kappa shape index (κ1) is 15.9. The maximum absolute atomic E-state index is 11.7. The van der Waals surface area contributed by atoms with Crippen LogP contribution in [0, 0.1) is 5.92 Å². The molecule has 0 heterocycles. The number of ether oxygens (including phenoxy) is 1. The molecule has 5 nitrogen and oxygen atoms in total. The molecule has 0 aromatic heterocycles. The van der Waals surface area contributed by atoms with E-state index >= 15 is 0 Å². The number of nitrogens with zero attached hydrogens (tertiary/aromatic N) is 1. The molecule has 1 amide bonds. The maximum Gasteiger partial charge on any atom is 0.319 e. The Morgan fingerprint density at radius 2 is 1.88 bits per heavy atom. The van der Waals surface area contributed by atoms with Crippen molar-refractivity contribution in [2.24, 2.45) is 5.92 Å². The van der Waals surface area contributed by atoms with Crippen molar-refractivity contribution in [3.05, 3.63) is 0 Å². The van der Waals surface area contributed by atoms with Crippen LogP contribution >= 0.6 is 0 Å². The molecule has 17 heavy (non-hydrogen) atoms. The average Bonchev–Trinajstić information content (AvgIpc) is 2.26. The molecule has 0 aliphatic rings. The highest BCUT2D eigenvalue weighted by Crippen LogP contribution is 1.99. The Kier molecular flexibility index (Phi) is 7.54. The Labute approximate surface area is 103 Å². The fourth-order valence-electron chi connectivity index (χ4n) is 1.24. The molecule has 0 aromatic carbocycles. The van der Waals surface area contributed by atoms with E-state index in [1.54, 1.807) is 18.9 Å². The number of rotatable bonds is 7. The molecular weight excluding hydrogens is 220 g/mol. The van der Waals surface area contributed by atoms with Gasteiger partial charge in [-0.15, -0.1) is 0 Å². The second-order valence-corrected chi connectivity index (χ2v) is 4.64. The SMILES string of the molecule is COC(=O)CN(C)C(C)C(=O)NCCC(C)C. The van der Waals surface area contributed by atoms with Crippen molar-refractivity contribution in [1.29, 1.82) is 0 Å². The van der Waals surface area contributed by atoms with Crippen molar-refractivity contribution in [3.8, 4) is 0 Å². The highest BCUT2D eigenvalue weighted by Gasteiger charge is 2.19. The molecule has 100 valence electrons. The molecule has 1 atom stereocenters. The molecule has 0 bridgehead atoms. The lowest BCUT2D eigenvalue weighted by atomic mass is 10.1. The molecule has 0 saturated heterocycles. The number of amides is 1. The number of carbonyl (C=O) groups excluding carboxylic acids is 2. The van der Waals surface area contributed by atoms with Gasteiger partial charge in [0.2, 0.25) is 5.91 Å². The summed E-state index contributed by atoms with van der Waals surface area (Å²) < 4.78 is 4.55. The molecule has 1 unspecified atom stereocenters. The standard InChI is InChI=1S/C12H24N2O3/c1-9(2)6-7-13-12(16)10(3)14(4)8-11(15)17-5/h9-10H,6-8H2,1-5H3,(H,13,16). The first-order valence-electron chi connectivity index (χ1n) is 5.93. The van der Waals surface area contributed by atoms with Crippen molar-refractivity contribution >= 4 is 11.9 Å². The van der Waals surface area contributed by atoms with Gasteiger partial charge in [0.25, 0.3) is 0 Å². The summed E-state index contributed by atoms with van der Waals surface area (Å²) in [5.41, 5.74) is 0. The summed E-state index contributed by atoms with van der Waals surface area (Å²) >= 11 is 0. The van der Waals surface area contributed by atoms with Crippen LogP contribution in [-0.2, 0) is 14.3 Å². The number of likely N-dealkylation sites (N-methyl/N-ethyl adjacent to an activating group) is 1. The van der Waals surface area contributed by atoms with E-state index < -0.39 is 0 Å². The molecule has 0 rings (SSSR count). The summed E-state index contributed by atoms with van der Waals surface area (Å²) in [6, 6.07) is -0.332. The fraction of sp³-hybridized carbons (Fsp3) is 0.833. The lowest BCUT2D eigenvalue weighted by molar-refractivity contribution is -0.142. The van der Waals surface area contributed by atoms with Crippen molar-refractivity contribution in [1.82, 2.24) is 10.2 Å². The van der Waals surface area contributed by atoms with Crippen molar-refractivity contribution < 1.29 is 14.3 Å². The van der Waals surface area contributed by atoms with Crippen molar-refractivity contribution in [2.45, 2.75) is 33.2 Å². The number of carbonyl (C=O) groups is 2. The van der Waals surface area contributed by atoms with E-state index in [9.17, 15) is 9.59 Å². The van der Waals surface area contributed by atoms with Gasteiger partial charge in [0, 0.05) is 6.54 Å². The third kappa shape index (κ3) is 6.94. The van der Waals surface area contributed by atoms with E-state index in [1.807, 2.05) is 0 Å². The molecule has 1 N–H and O–H groups in total. The van der Waals surface area contributed by atoms with Gasteiger partial charge < -0.3 is 10.1 Å². The van der Waals surface area contributed by atoms with Gasteiger partial charge in [-0.3, -0.25) is 14.5 Å². The predicted molar refractivity (Wildman–Crippen MR) is 66.6 cm³/mol. The molecule has 0 aliphatic carbocycles. The monoisotopic (exact) mass is 244 g/mol. The Bertz CT molecular complexity index is 254. The van der Waals surface area contributed by atoms with Gasteiger partial charge in [-0.2, -0.15) is 0 Å². The van der Waals surface area contributed by atoms with Crippen LogP contribution in [0.25, 0.3) is 0 Å². The van der Waals surface area contributed by atoms with Crippen LogP contribution in [0.5, 0.6) is 0 Å². The zero-order chi connectivity index (χ0) is 13.4. The Hall–Kier alpha value is -1.10. The van der Waals surface area contributed by atoms with Crippen LogP contribution in [0.15, 0.2) is 0 Å². The quantitative estimate of drug-likeness (QED) is 0.668. The number of hydrogen-bond acceptors (Lipinski definition) is 4. The average molecular weight is 244 g/mol. The number of nitrogens with one attached hydrogen (secondary N) is 1. The Balaban J connectivity index is 3.98. The topological polar surface area (TPSA) is 58.6 Å². The second-order valence-electron chi connectivity index (χ2n) is 4.64. The summed E-state index contributed by atoms with van der Waals surface area (Å²) in [7, 11) is 3.06. The zero-order valence-corrected chi connectivity index (χ0v) is 11.4. The Morgan fingerprint density at radius 1 is 1.29 bits per heavy atom. The van der Waals surface area contributed by atoms with Crippen LogP contribution < -0.4 is 5.32 Å². The molecule has 0 radical (unpaired) electrons. The summed E-state index contributed by atoms with van der Waals surface area (Å²) in [5, 5.41) is 2.85. The summed E-state index contributed by atoms with van der Waals surface area (Å²) in [5.74, 6) is 0.171. The lowest BCUT2D eigenvalue weighted by Gasteiger charge is -2.22. The minimum Gasteiger partial charge on any atom is -0.468 e. The normalized spacial score (nSPS) is 12.6. The molecular formula is C12H24N2O3. The van der Waals surface area contributed by atoms with Crippen LogP contribution in [0.3, 0.4) is 0 Å². The van der Waals surface area contributed by atoms with Gasteiger partial charge in [0.1, 0.15) is 0 Å². The van der Waals surface area contributed by atoms with E-state index in [-0.39, 0.29) is 24.5 Å². The van der Waals surface area contributed by atoms with Gasteiger partial charge >= 0.3 is 5.97 Å². The van der Waals surface area contributed by atoms with Crippen LogP contribution in [0.1, 0.15) is 27.2 Å². The van der Waals surface area contributed by atoms with Gasteiger partial charge in [-0.1, -0.05) is 13.8 Å². The maximum atomic E-state index is 11.7. The highest BCUT2D eigenvalue weighted by molar-refractivity contribution is 5.82. The molecule has 5 heteroatoms. The zero-order valence-electron chi connectivity index (χ0n) is 11.4. The molecule has 0 aromatic rings. The number of methoxy groups -OCH3 is 1. The molecule has 0 saturated carbocycles. The van der Waals surface area contributed by atoms with E-state index in [0.29, 0.717) is 12.5 Å². The van der Waals surface area contributed by atoms with Crippen molar-refractivity contribution in [3.63, 3.8) is 0 Å². The fourth-order valence-corrected chi connectivity index (χ4v) is 1.24. The third-order valence-electron chi connectivity index (χ3n) is 2.67. The minimum absolute atomic E-state index is 0.0583. The van der Waals surface area contributed by atoms with Gasteiger partial charge in [0.05, 0.1) is 19.7 Å². The summed E-state index contributed by atoms with van der Waals surface area (Å²) in [6.45, 7) is 6.79. The highest BCUT2D eigenvalue weighted by atomic mass is 16.5. The summed E-state index contributed by atoms with van der Waals surface area (Å²) in [4.78, 5) is 24.5. The van der Waals surface area contributed by atoms with Crippen LogP contribution in [0.2, 0.25) is 0 Å². The van der Waals surface area contributed by atoms with E-state index in [4.69, 9.17) is 0 Å². The van der Waals surface area contributed by atoms with E-state index in [2.05, 4.69) is 23.9 Å². The largest absolute Gasteiger partial charge is 0.468 e. The lowest BCUT2D eigenvalue weighted by Crippen LogP contribution is -2.45. The molecule has 0 fully saturated rings. The van der Waals surface area contributed by atoms with Gasteiger partial charge in [-0.05, 0) is 26.3 Å². The Morgan fingerprint density at radius 3 is 2.35 bits per heavy atom.